The Labute approximate surface area is 212 Å². The number of nitrogens with one attached hydrogen (secondary N) is 1. The van der Waals surface area contributed by atoms with E-state index < -0.39 is 6.04 Å². The number of amides is 2. The van der Waals surface area contributed by atoms with Crippen molar-refractivity contribution >= 4 is 28.5 Å². The Balaban J connectivity index is 1.81. The monoisotopic (exact) mass is 494 g/mol. The molecular formula is C28H35ClN4O2. The van der Waals surface area contributed by atoms with Crippen LogP contribution in [0, 0.1) is 6.92 Å². The van der Waals surface area contributed by atoms with Crippen molar-refractivity contribution in [2.75, 3.05) is 6.54 Å². The number of benzene rings is 2. The molecule has 0 spiro atoms. The summed E-state index contributed by atoms with van der Waals surface area (Å²) >= 11 is 6.22. The lowest BCUT2D eigenvalue weighted by Gasteiger charge is -2.33. The molecule has 0 bridgehead atoms. The first-order chi connectivity index (χ1) is 16.9. The Morgan fingerprint density at radius 1 is 1.20 bits per heavy atom. The number of hydrogen-bond acceptors (Lipinski definition) is 3. The molecule has 2 amide bonds. The van der Waals surface area contributed by atoms with Crippen LogP contribution in [0.5, 0.6) is 0 Å². The van der Waals surface area contributed by atoms with E-state index in [4.69, 9.17) is 16.6 Å². The molecule has 1 saturated carbocycles. The molecule has 7 heteroatoms. The van der Waals surface area contributed by atoms with Crippen LogP contribution >= 0.6 is 11.6 Å². The normalized spacial score (nSPS) is 15.2. The van der Waals surface area contributed by atoms with E-state index in [1.54, 1.807) is 16.7 Å². The molecule has 0 radical (unpaired) electrons. The average Bonchev–Trinajstić information content (AvgIpc) is 2.85. The predicted octanol–water partition coefficient (Wildman–Crippen LogP) is 6.55. The Kier molecular flexibility index (Phi) is 8.11. The molecular weight excluding hydrogens is 460 g/mol. The second-order valence-corrected chi connectivity index (χ2v) is 10.0. The predicted molar refractivity (Wildman–Crippen MR) is 143 cm³/mol. The minimum atomic E-state index is -0.405. The summed E-state index contributed by atoms with van der Waals surface area (Å²) in [7, 11) is 0. The number of fused-ring (bicyclic) bond motifs is 1. The highest BCUT2D eigenvalue weighted by molar-refractivity contribution is 6.30. The largest absolute Gasteiger partial charge is 0.335 e. The van der Waals surface area contributed by atoms with Gasteiger partial charge in [-0.2, -0.15) is 0 Å². The number of aryl methyl sites for hydroxylation is 1. The highest BCUT2D eigenvalue weighted by Gasteiger charge is 2.28. The maximum atomic E-state index is 13.8. The summed E-state index contributed by atoms with van der Waals surface area (Å²) in [6.07, 6.45) is 7.41. The van der Waals surface area contributed by atoms with E-state index in [2.05, 4.69) is 12.2 Å². The number of aromatic nitrogens is 2. The van der Waals surface area contributed by atoms with Crippen LogP contribution in [0.3, 0.4) is 0 Å². The van der Waals surface area contributed by atoms with Crippen LogP contribution in [-0.2, 0) is 0 Å². The zero-order valence-corrected chi connectivity index (χ0v) is 21.6. The van der Waals surface area contributed by atoms with Crippen molar-refractivity contribution in [3.63, 3.8) is 0 Å². The fraction of sp³-hybridized carbons (Fsp3) is 0.464. The zero-order chi connectivity index (χ0) is 24.9. The van der Waals surface area contributed by atoms with Gasteiger partial charge in [0.05, 0.1) is 22.6 Å². The van der Waals surface area contributed by atoms with Gasteiger partial charge in [-0.25, -0.2) is 9.78 Å². The summed E-state index contributed by atoms with van der Waals surface area (Å²) in [5.41, 5.74) is 2.08. The molecule has 1 heterocycles. The number of urea groups is 1. The molecule has 35 heavy (non-hydrogen) atoms. The maximum Gasteiger partial charge on any atom is 0.318 e. The molecule has 0 aliphatic heterocycles. The molecule has 1 N–H and O–H groups in total. The van der Waals surface area contributed by atoms with E-state index in [9.17, 15) is 9.59 Å². The third-order valence-corrected chi connectivity index (χ3v) is 7.22. The number of para-hydroxylation sites is 1. The van der Waals surface area contributed by atoms with Crippen molar-refractivity contribution in [3.05, 3.63) is 69.2 Å². The molecule has 1 aliphatic rings. The number of carbonyl (C=O) groups is 1. The molecule has 186 valence electrons. The Bertz CT molecular complexity index is 1250. The van der Waals surface area contributed by atoms with Crippen LogP contribution < -0.4 is 10.9 Å². The van der Waals surface area contributed by atoms with Crippen molar-refractivity contribution in [1.82, 2.24) is 19.8 Å². The smallest absolute Gasteiger partial charge is 0.318 e. The molecule has 1 fully saturated rings. The van der Waals surface area contributed by atoms with Crippen molar-refractivity contribution in [2.45, 2.75) is 77.8 Å². The second-order valence-electron chi connectivity index (χ2n) is 9.57. The molecule has 1 unspecified atom stereocenters. The van der Waals surface area contributed by atoms with Crippen LogP contribution in [0.1, 0.15) is 76.2 Å². The van der Waals surface area contributed by atoms with Gasteiger partial charge < -0.3 is 10.2 Å². The van der Waals surface area contributed by atoms with Gasteiger partial charge in [0.25, 0.3) is 5.56 Å². The molecule has 2 aromatic carbocycles. The van der Waals surface area contributed by atoms with Gasteiger partial charge in [-0.15, -0.1) is 0 Å². The molecule has 1 aromatic heterocycles. The fourth-order valence-corrected chi connectivity index (χ4v) is 5.20. The lowest BCUT2D eigenvalue weighted by Crippen LogP contribution is -2.47. The minimum absolute atomic E-state index is 0.0837. The third kappa shape index (κ3) is 5.53. The summed E-state index contributed by atoms with van der Waals surface area (Å²) in [5.74, 6) is 0.550. The van der Waals surface area contributed by atoms with Gasteiger partial charge in [-0.3, -0.25) is 9.36 Å². The van der Waals surface area contributed by atoms with Crippen molar-refractivity contribution < 1.29 is 4.79 Å². The summed E-state index contributed by atoms with van der Waals surface area (Å²) in [4.78, 5) is 34.1. The first kappa shape index (κ1) is 25.2. The Morgan fingerprint density at radius 3 is 2.66 bits per heavy atom. The summed E-state index contributed by atoms with van der Waals surface area (Å²) in [6, 6.07) is 12.6. The lowest BCUT2D eigenvalue weighted by molar-refractivity contribution is 0.167. The molecule has 3 aromatic rings. The Morgan fingerprint density at radius 2 is 1.94 bits per heavy atom. The van der Waals surface area contributed by atoms with Gasteiger partial charge in [0, 0.05) is 17.6 Å². The van der Waals surface area contributed by atoms with Crippen LogP contribution in [0.2, 0.25) is 5.02 Å². The van der Waals surface area contributed by atoms with E-state index in [1.807, 2.05) is 49.1 Å². The standard InChI is InChI=1S/C28H35ClN4O2/c1-4-5-17-32(28(35)30-22-11-7-6-8-12-22)20(3)26-31-24-14-10-9-13-23(24)27(34)33(26)25-16-15-21(29)18-19(25)2/h9-10,13-16,18,20,22H,4-8,11-12,17H2,1-3H3,(H,30,35). The first-order valence-corrected chi connectivity index (χ1v) is 13.1. The summed E-state index contributed by atoms with van der Waals surface area (Å²) in [5, 5.41) is 4.42. The highest BCUT2D eigenvalue weighted by atomic mass is 35.5. The maximum absolute atomic E-state index is 13.8. The number of carbonyl (C=O) groups excluding carboxylic acids is 1. The van der Waals surface area contributed by atoms with Crippen LogP contribution in [0.25, 0.3) is 16.6 Å². The van der Waals surface area contributed by atoms with Gasteiger partial charge in [0.1, 0.15) is 5.82 Å². The first-order valence-electron chi connectivity index (χ1n) is 12.8. The van der Waals surface area contributed by atoms with Gasteiger partial charge in [-0.1, -0.05) is 56.3 Å². The summed E-state index contributed by atoms with van der Waals surface area (Å²) in [6.45, 7) is 6.61. The van der Waals surface area contributed by atoms with Crippen molar-refractivity contribution in [1.29, 1.82) is 0 Å². The van der Waals surface area contributed by atoms with E-state index in [-0.39, 0.29) is 17.6 Å². The third-order valence-electron chi connectivity index (χ3n) is 6.99. The van der Waals surface area contributed by atoms with E-state index in [0.717, 1.165) is 49.8 Å². The number of hydrogen-bond donors (Lipinski definition) is 1. The number of unbranched alkanes of at least 4 members (excludes halogenated alkanes) is 1. The average molecular weight is 495 g/mol. The van der Waals surface area contributed by atoms with Gasteiger partial charge in [0.15, 0.2) is 0 Å². The number of rotatable bonds is 7. The quantitative estimate of drug-likeness (QED) is 0.404. The SMILES string of the molecule is CCCCN(C(=O)NC1CCCCC1)C(C)c1nc2ccccc2c(=O)n1-c1ccc(Cl)cc1C. The van der Waals surface area contributed by atoms with Crippen molar-refractivity contribution in [3.8, 4) is 5.69 Å². The second kappa shape index (κ2) is 11.3. The molecule has 1 aliphatic carbocycles. The number of halogens is 1. The van der Waals surface area contributed by atoms with E-state index in [1.165, 1.54) is 6.42 Å². The van der Waals surface area contributed by atoms with Crippen LogP contribution in [0.15, 0.2) is 47.3 Å². The van der Waals surface area contributed by atoms with Gasteiger partial charge in [-0.05, 0) is 69.0 Å². The van der Waals surface area contributed by atoms with E-state index >= 15 is 0 Å². The summed E-state index contributed by atoms with van der Waals surface area (Å²) < 4.78 is 1.66. The lowest BCUT2D eigenvalue weighted by atomic mass is 9.96. The minimum Gasteiger partial charge on any atom is -0.335 e. The molecule has 0 saturated heterocycles. The van der Waals surface area contributed by atoms with Crippen molar-refractivity contribution in [2.24, 2.45) is 0 Å². The zero-order valence-electron chi connectivity index (χ0n) is 20.9. The molecule has 1 atom stereocenters. The van der Waals surface area contributed by atoms with Crippen LogP contribution in [0.4, 0.5) is 4.79 Å². The van der Waals surface area contributed by atoms with Gasteiger partial charge in [0.2, 0.25) is 0 Å². The highest BCUT2D eigenvalue weighted by Crippen LogP contribution is 2.27. The fourth-order valence-electron chi connectivity index (χ4n) is 4.98. The van der Waals surface area contributed by atoms with E-state index in [0.29, 0.717) is 28.3 Å². The Hall–Kier alpha value is -2.86. The number of nitrogens with zero attached hydrogens (tertiary/aromatic N) is 3. The molecule has 4 rings (SSSR count). The topological polar surface area (TPSA) is 67.2 Å². The van der Waals surface area contributed by atoms with Crippen LogP contribution in [-0.4, -0.2) is 33.1 Å². The molecule has 6 nitrogen and oxygen atoms in total. The van der Waals surface area contributed by atoms with Gasteiger partial charge >= 0.3 is 6.03 Å².